The number of ether oxygens (including phenoxy) is 1. The van der Waals surface area contributed by atoms with Crippen LogP contribution in [0.1, 0.15) is 24.8 Å². The molecular formula is C13H18N2O4S. The van der Waals surface area contributed by atoms with Gasteiger partial charge in [0.2, 0.25) is 15.9 Å². The summed E-state index contributed by atoms with van der Waals surface area (Å²) in [5, 5.41) is 7.82. The lowest BCUT2D eigenvalue weighted by molar-refractivity contribution is -0.118. The van der Waals surface area contributed by atoms with Crippen LogP contribution in [0.3, 0.4) is 0 Å². The molecule has 1 unspecified atom stereocenters. The lowest BCUT2D eigenvalue weighted by Gasteiger charge is -2.11. The van der Waals surface area contributed by atoms with Crippen LogP contribution in [0, 0.1) is 6.92 Å². The maximum Gasteiger partial charge on any atom is 0.238 e. The van der Waals surface area contributed by atoms with Gasteiger partial charge in [-0.3, -0.25) is 4.79 Å². The Hall–Kier alpha value is -1.44. The van der Waals surface area contributed by atoms with Crippen LogP contribution in [-0.4, -0.2) is 27.0 Å². The lowest BCUT2D eigenvalue weighted by atomic mass is 10.1. The van der Waals surface area contributed by atoms with Crippen molar-refractivity contribution in [3.05, 3.63) is 23.8 Å². The van der Waals surface area contributed by atoms with Crippen LogP contribution < -0.4 is 10.5 Å². The van der Waals surface area contributed by atoms with Gasteiger partial charge in [-0.15, -0.1) is 0 Å². The molecule has 1 amide bonds. The first kappa shape index (κ1) is 15.0. The second kappa shape index (κ2) is 5.90. The predicted octanol–water partition coefficient (Wildman–Crippen LogP) is 1.15. The van der Waals surface area contributed by atoms with E-state index in [-0.39, 0.29) is 16.9 Å². The van der Waals surface area contributed by atoms with Crippen molar-refractivity contribution < 1.29 is 17.9 Å². The summed E-state index contributed by atoms with van der Waals surface area (Å²) in [6.45, 7) is 2.34. The number of rotatable bonds is 4. The average molecular weight is 298 g/mol. The smallest absolute Gasteiger partial charge is 0.238 e. The fourth-order valence-corrected chi connectivity index (χ4v) is 3.04. The molecule has 1 aliphatic heterocycles. The third-order valence-electron chi connectivity index (χ3n) is 3.20. The number of sulfonamides is 1. The molecule has 0 aliphatic carbocycles. The van der Waals surface area contributed by atoms with Crippen molar-refractivity contribution in [2.75, 3.05) is 11.9 Å². The number of primary sulfonamides is 1. The summed E-state index contributed by atoms with van der Waals surface area (Å²) in [7, 11) is -3.73. The van der Waals surface area contributed by atoms with Crippen LogP contribution in [-0.2, 0) is 19.6 Å². The molecule has 20 heavy (non-hydrogen) atoms. The normalized spacial score (nSPS) is 19.0. The molecule has 0 bridgehead atoms. The third-order valence-corrected chi connectivity index (χ3v) is 4.27. The first-order valence-electron chi connectivity index (χ1n) is 6.41. The molecule has 0 aromatic heterocycles. The van der Waals surface area contributed by atoms with Crippen molar-refractivity contribution in [3.8, 4) is 0 Å². The van der Waals surface area contributed by atoms with Gasteiger partial charge >= 0.3 is 0 Å². The summed E-state index contributed by atoms with van der Waals surface area (Å²) < 4.78 is 28.0. The van der Waals surface area contributed by atoms with E-state index in [0.717, 1.165) is 12.8 Å². The van der Waals surface area contributed by atoms with E-state index in [9.17, 15) is 13.2 Å². The number of aryl methyl sites for hydroxylation is 1. The molecule has 1 atom stereocenters. The molecule has 2 rings (SSSR count). The third kappa shape index (κ3) is 3.78. The van der Waals surface area contributed by atoms with E-state index in [1.165, 1.54) is 12.1 Å². The Labute approximate surface area is 118 Å². The number of hydrogen-bond donors (Lipinski definition) is 2. The molecular weight excluding hydrogens is 280 g/mol. The molecule has 1 heterocycles. The number of nitrogens with one attached hydrogen (secondary N) is 1. The Kier molecular flexibility index (Phi) is 4.42. The fraction of sp³-hybridized carbons (Fsp3) is 0.462. The molecule has 1 aliphatic rings. The van der Waals surface area contributed by atoms with E-state index in [4.69, 9.17) is 9.88 Å². The number of anilines is 1. The second-order valence-corrected chi connectivity index (χ2v) is 6.44. The summed E-state index contributed by atoms with van der Waals surface area (Å²) in [4.78, 5) is 11.9. The van der Waals surface area contributed by atoms with Crippen LogP contribution >= 0.6 is 0 Å². The maximum atomic E-state index is 11.8. The molecule has 0 spiro atoms. The molecule has 7 heteroatoms. The monoisotopic (exact) mass is 298 g/mol. The minimum atomic E-state index is -3.73. The van der Waals surface area contributed by atoms with Gasteiger partial charge in [0.25, 0.3) is 0 Å². The number of carbonyl (C=O) groups is 1. The number of carbonyl (C=O) groups excluding carboxylic acids is 1. The zero-order valence-corrected chi connectivity index (χ0v) is 12.1. The Morgan fingerprint density at radius 1 is 1.50 bits per heavy atom. The van der Waals surface area contributed by atoms with Gasteiger partial charge in [0.1, 0.15) is 0 Å². The zero-order chi connectivity index (χ0) is 14.8. The SMILES string of the molecule is Cc1cc(NC(=O)CC2CCCO2)ccc1S(N)(=O)=O. The largest absolute Gasteiger partial charge is 0.378 e. The van der Waals surface area contributed by atoms with Gasteiger partial charge in [-0.05, 0) is 43.5 Å². The van der Waals surface area contributed by atoms with Crippen molar-refractivity contribution in [1.29, 1.82) is 0 Å². The van der Waals surface area contributed by atoms with Crippen LogP contribution in [0.15, 0.2) is 23.1 Å². The van der Waals surface area contributed by atoms with Gasteiger partial charge in [-0.1, -0.05) is 0 Å². The zero-order valence-electron chi connectivity index (χ0n) is 11.3. The summed E-state index contributed by atoms with van der Waals surface area (Å²) in [6, 6.07) is 4.51. The Morgan fingerprint density at radius 2 is 2.25 bits per heavy atom. The molecule has 1 saturated heterocycles. The molecule has 6 nitrogen and oxygen atoms in total. The highest BCUT2D eigenvalue weighted by atomic mass is 32.2. The number of benzene rings is 1. The quantitative estimate of drug-likeness (QED) is 0.871. The van der Waals surface area contributed by atoms with Crippen LogP contribution in [0.5, 0.6) is 0 Å². The predicted molar refractivity (Wildman–Crippen MR) is 74.8 cm³/mol. The highest BCUT2D eigenvalue weighted by Crippen LogP contribution is 2.20. The minimum absolute atomic E-state index is 0.0141. The number of nitrogens with two attached hydrogens (primary N) is 1. The molecule has 1 aromatic carbocycles. The van der Waals surface area contributed by atoms with E-state index >= 15 is 0 Å². The van der Waals surface area contributed by atoms with Gasteiger partial charge in [0, 0.05) is 12.3 Å². The van der Waals surface area contributed by atoms with Gasteiger partial charge in [-0.25, -0.2) is 13.6 Å². The maximum absolute atomic E-state index is 11.8. The van der Waals surface area contributed by atoms with Crippen molar-refractivity contribution in [2.45, 2.75) is 37.2 Å². The fourth-order valence-electron chi connectivity index (χ4n) is 2.27. The highest BCUT2D eigenvalue weighted by molar-refractivity contribution is 7.89. The van der Waals surface area contributed by atoms with Gasteiger partial charge < -0.3 is 10.1 Å². The first-order chi connectivity index (χ1) is 9.36. The van der Waals surface area contributed by atoms with Gasteiger partial charge in [-0.2, -0.15) is 0 Å². The van der Waals surface area contributed by atoms with Crippen molar-refractivity contribution in [2.24, 2.45) is 5.14 Å². The van der Waals surface area contributed by atoms with Crippen LogP contribution in [0.2, 0.25) is 0 Å². The van der Waals surface area contributed by atoms with E-state index in [0.29, 0.717) is 24.3 Å². The summed E-state index contributed by atoms with van der Waals surface area (Å²) in [5.41, 5.74) is 1.06. The van der Waals surface area contributed by atoms with E-state index < -0.39 is 10.0 Å². The Morgan fingerprint density at radius 3 is 2.80 bits per heavy atom. The molecule has 0 saturated carbocycles. The van der Waals surface area contributed by atoms with E-state index in [1.807, 2.05) is 0 Å². The molecule has 1 fully saturated rings. The topological polar surface area (TPSA) is 98.5 Å². The number of hydrogen-bond acceptors (Lipinski definition) is 4. The Bertz CT molecular complexity index is 607. The standard InChI is InChI=1S/C13H18N2O4S/c1-9-7-10(4-5-12(9)20(14,17)18)15-13(16)8-11-3-2-6-19-11/h4-5,7,11H,2-3,6,8H2,1H3,(H,15,16)(H2,14,17,18). The summed E-state index contributed by atoms with van der Waals surface area (Å²) in [6.07, 6.45) is 2.19. The van der Waals surface area contributed by atoms with Crippen LogP contribution in [0.25, 0.3) is 0 Å². The lowest BCUT2D eigenvalue weighted by Crippen LogP contribution is -2.19. The van der Waals surface area contributed by atoms with Crippen LogP contribution in [0.4, 0.5) is 5.69 Å². The average Bonchev–Trinajstić information content (AvgIpc) is 2.79. The minimum Gasteiger partial charge on any atom is -0.378 e. The second-order valence-electron chi connectivity index (χ2n) is 4.91. The van der Waals surface area contributed by atoms with E-state index in [2.05, 4.69) is 5.32 Å². The molecule has 110 valence electrons. The highest BCUT2D eigenvalue weighted by Gasteiger charge is 2.19. The molecule has 0 radical (unpaired) electrons. The van der Waals surface area contributed by atoms with Crippen molar-refractivity contribution >= 4 is 21.6 Å². The van der Waals surface area contributed by atoms with Crippen molar-refractivity contribution in [3.63, 3.8) is 0 Å². The van der Waals surface area contributed by atoms with Gasteiger partial charge in [0.15, 0.2) is 0 Å². The molecule has 1 aromatic rings. The first-order valence-corrected chi connectivity index (χ1v) is 7.96. The number of amides is 1. The summed E-state index contributed by atoms with van der Waals surface area (Å²) >= 11 is 0. The Balaban J connectivity index is 2.03. The molecule has 3 N–H and O–H groups in total. The van der Waals surface area contributed by atoms with Gasteiger partial charge in [0.05, 0.1) is 17.4 Å². The van der Waals surface area contributed by atoms with Crippen molar-refractivity contribution in [1.82, 2.24) is 0 Å². The van der Waals surface area contributed by atoms with E-state index in [1.54, 1.807) is 13.0 Å². The summed E-state index contributed by atoms with van der Waals surface area (Å²) in [5.74, 6) is -0.139.